The molecular weight excluding hydrogens is 230 g/mol. The maximum Gasteiger partial charge on any atom is 0.0594 e. The number of benzene rings is 1. The van der Waals surface area contributed by atoms with Crippen molar-refractivity contribution in [2.45, 2.75) is 13.5 Å². The summed E-state index contributed by atoms with van der Waals surface area (Å²) in [7, 11) is 0. The van der Waals surface area contributed by atoms with E-state index >= 15 is 0 Å². The molecular formula is C14H17NOS. The van der Waals surface area contributed by atoms with Crippen molar-refractivity contribution in [3.05, 3.63) is 34.7 Å². The van der Waals surface area contributed by atoms with Gasteiger partial charge in [0.15, 0.2) is 0 Å². The Kier molecular flexibility index (Phi) is 3.14. The minimum absolute atomic E-state index is 0.879. The van der Waals surface area contributed by atoms with E-state index in [-0.39, 0.29) is 0 Å². The largest absolute Gasteiger partial charge is 0.379 e. The first-order valence-electron chi connectivity index (χ1n) is 6.11. The van der Waals surface area contributed by atoms with E-state index in [2.05, 4.69) is 36.1 Å². The van der Waals surface area contributed by atoms with Gasteiger partial charge < -0.3 is 4.74 Å². The van der Waals surface area contributed by atoms with Crippen molar-refractivity contribution in [2.75, 3.05) is 26.3 Å². The van der Waals surface area contributed by atoms with Crippen molar-refractivity contribution < 1.29 is 4.74 Å². The fourth-order valence-corrected chi connectivity index (χ4v) is 3.49. The van der Waals surface area contributed by atoms with Crippen LogP contribution in [0.15, 0.2) is 24.3 Å². The Balaban J connectivity index is 1.83. The van der Waals surface area contributed by atoms with Crippen LogP contribution in [0.5, 0.6) is 0 Å². The zero-order valence-corrected chi connectivity index (χ0v) is 10.9. The topological polar surface area (TPSA) is 12.5 Å². The summed E-state index contributed by atoms with van der Waals surface area (Å²) >= 11 is 1.94. The highest BCUT2D eigenvalue weighted by Crippen LogP contribution is 2.29. The lowest BCUT2D eigenvalue weighted by molar-refractivity contribution is 0.0346. The molecule has 2 nitrogen and oxygen atoms in total. The van der Waals surface area contributed by atoms with E-state index in [1.165, 1.54) is 20.5 Å². The second kappa shape index (κ2) is 4.77. The molecule has 3 heteroatoms. The average Bonchev–Trinajstić information content (AvgIpc) is 2.74. The molecule has 3 rings (SSSR count). The minimum Gasteiger partial charge on any atom is -0.379 e. The summed E-state index contributed by atoms with van der Waals surface area (Å²) < 4.78 is 6.82. The molecule has 1 aliphatic heterocycles. The number of morpholine rings is 1. The van der Waals surface area contributed by atoms with Gasteiger partial charge in [-0.3, -0.25) is 4.90 Å². The third-order valence-electron chi connectivity index (χ3n) is 3.28. The molecule has 1 aromatic carbocycles. The second-order valence-corrected chi connectivity index (χ2v) is 5.73. The van der Waals surface area contributed by atoms with Gasteiger partial charge in [0.25, 0.3) is 0 Å². The first-order chi connectivity index (χ1) is 8.33. The SMILES string of the molecule is Cc1cccc2cc(CN3CCOCC3)sc12. The summed E-state index contributed by atoms with van der Waals surface area (Å²) in [5.74, 6) is 0. The van der Waals surface area contributed by atoms with Crippen LogP contribution in [0, 0.1) is 6.92 Å². The second-order valence-electron chi connectivity index (χ2n) is 4.59. The Hall–Kier alpha value is -0.900. The van der Waals surface area contributed by atoms with E-state index < -0.39 is 0 Å². The van der Waals surface area contributed by atoms with Gasteiger partial charge in [-0.2, -0.15) is 0 Å². The fourth-order valence-electron chi connectivity index (χ4n) is 2.32. The first-order valence-corrected chi connectivity index (χ1v) is 6.93. The van der Waals surface area contributed by atoms with Gasteiger partial charge in [-0.1, -0.05) is 18.2 Å². The fraction of sp³-hybridized carbons (Fsp3) is 0.429. The Morgan fingerprint density at radius 2 is 2.12 bits per heavy atom. The molecule has 0 unspecified atom stereocenters. The summed E-state index contributed by atoms with van der Waals surface area (Å²) in [6.07, 6.45) is 0. The Bertz CT molecular complexity index is 514. The van der Waals surface area contributed by atoms with Crippen LogP contribution in [0.25, 0.3) is 10.1 Å². The highest BCUT2D eigenvalue weighted by molar-refractivity contribution is 7.19. The van der Waals surface area contributed by atoms with Crippen LogP contribution in [-0.4, -0.2) is 31.2 Å². The predicted molar refractivity (Wildman–Crippen MR) is 72.7 cm³/mol. The van der Waals surface area contributed by atoms with Gasteiger partial charge >= 0.3 is 0 Å². The highest BCUT2D eigenvalue weighted by Gasteiger charge is 2.12. The number of ether oxygens (including phenoxy) is 1. The third-order valence-corrected chi connectivity index (χ3v) is 4.55. The van der Waals surface area contributed by atoms with Crippen molar-refractivity contribution in [2.24, 2.45) is 0 Å². The van der Waals surface area contributed by atoms with Crippen LogP contribution < -0.4 is 0 Å². The van der Waals surface area contributed by atoms with Gasteiger partial charge in [0.05, 0.1) is 13.2 Å². The number of thiophene rings is 1. The van der Waals surface area contributed by atoms with Gasteiger partial charge in [-0.25, -0.2) is 0 Å². The van der Waals surface area contributed by atoms with Crippen molar-refractivity contribution in [3.63, 3.8) is 0 Å². The number of hydrogen-bond acceptors (Lipinski definition) is 3. The molecule has 1 saturated heterocycles. The molecule has 0 saturated carbocycles. The van der Waals surface area contributed by atoms with Crippen LogP contribution in [0.4, 0.5) is 0 Å². The summed E-state index contributed by atoms with van der Waals surface area (Å²) in [6.45, 7) is 7.15. The Morgan fingerprint density at radius 1 is 1.29 bits per heavy atom. The molecule has 2 heterocycles. The van der Waals surface area contributed by atoms with Gasteiger partial charge in [-0.15, -0.1) is 11.3 Å². The molecule has 2 aromatic rings. The van der Waals surface area contributed by atoms with Crippen LogP contribution in [0.1, 0.15) is 10.4 Å². The molecule has 0 amide bonds. The van der Waals surface area contributed by atoms with Gasteiger partial charge in [0.2, 0.25) is 0 Å². The summed E-state index contributed by atoms with van der Waals surface area (Å²) in [6, 6.07) is 8.88. The summed E-state index contributed by atoms with van der Waals surface area (Å²) in [4.78, 5) is 3.94. The van der Waals surface area contributed by atoms with Crippen molar-refractivity contribution in [1.82, 2.24) is 4.90 Å². The van der Waals surface area contributed by atoms with E-state index in [1.54, 1.807) is 0 Å². The summed E-state index contributed by atoms with van der Waals surface area (Å²) in [5, 5.41) is 1.39. The maximum atomic E-state index is 5.38. The van der Waals surface area contributed by atoms with Gasteiger partial charge in [-0.05, 0) is 23.9 Å². The van der Waals surface area contributed by atoms with E-state index in [4.69, 9.17) is 4.74 Å². The smallest absolute Gasteiger partial charge is 0.0594 e. The normalized spacial score (nSPS) is 17.7. The van der Waals surface area contributed by atoms with Crippen molar-refractivity contribution >= 4 is 21.4 Å². The quantitative estimate of drug-likeness (QED) is 0.809. The standard InChI is InChI=1S/C14H17NOS/c1-11-3-2-4-12-9-13(17-14(11)12)10-15-5-7-16-8-6-15/h2-4,9H,5-8,10H2,1H3. The highest BCUT2D eigenvalue weighted by atomic mass is 32.1. The van der Waals surface area contributed by atoms with E-state index in [0.717, 1.165) is 32.8 Å². The molecule has 1 aromatic heterocycles. The molecule has 1 aliphatic rings. The number of rotatable bonds is 2. The van der Waals surface area contributed by atoms with E-state index in [9.17, 15) is 0 Å². The molecule has 1 fully saturated rings. The molecule has 0 atom stereocenters. The van der Waals surface area contributed by atoms with Crippen molar-refractivity contribution in [3.8, 4) is 0 Å². The van der Waals surface area contributed by atoms with Crippen LogP contribution >= 0.6 is 11.3 Å². The number of aryl methyl sites for hydroxylation is 1. The zero-order valence-electron chi connectivity index (χ0n) is 10.1. The predicted octanol–water partition coefficient (Wildman–Crippen LogP) is 3.04. The van der Waals surface area contributed by atoms with Crippen LogP contribution in [0.2, 0.25) is 0 Å². The molecule has 0 spiro atoms. The Morgan fingerprint density at radius 3 is 2.88 bits per heavy atom. The van der Waals surface area contributed by atoms with Crippen molar-refractivity contribution in [1.29, 1.82) is 0 Å². The maximum absolute atomic E-state index is 5.38. The summed E-state index contributed by atoms with van der Waals surface area (Å²) in [5.41, 5.74) is 1.39. The van der Waals surface area contributed by atoms with Crippen LogP contribution in [0.3, 0.4) is 0 Å². The zero-order chi connectivity index (χ0) is 11.7. The van der Waals surface area contributed by atoms with Gasteiger partial charge in [0.1, 0.15) is 0 Å². The molecule has 0 N–H and O–H groups in total. The molecule has 90 valence electrons. The number of hydrogen-bond donors (Lipinski definition) is 0. The lowest BCUT2D eigenvalue weighted by Crippen LogP contribution is -2.35. The Labute approximate surface area is 106 Å². The number of fused-ring (bicyclic) bond motifs is 1. The molecule has 0 aliphatic carbocycles. The molecule has 0 radical (unpaired) electrons. The number of nitrogens with zero attached hydrogens (tertiary/aromatic N) is 1. The molecule has 17 heavy (non-hydrogen) atoms. The lowest BCUT2D eigenvalue weighted by atomic mass is 10.2. The van der Waals surface area contributed by atoms with E-state index in [0.29, 0.717) is 0 Å². The third kappa shape index (κ3) is 2.37. The van der Waals surface area contributed by atoms with E-state index in [1.807, 2.05) is 11.3 Å². The molecule has 0 bridgehead atoms. The van der Waals surface area contributed by atoms with Gasteiger partial charge in [0, 0.05) is 29.2 Å². The van der Waals surface area contributed by atoms with Crippen LogP contribution in [-0.2, 0) is 11.3 Å². The first kappa shape index (κ1) is 11.2. The monoisotopic (exact) mass is 247 g/mol. The lowest BCUT2D eigenvalue weighted by Gasteiger charge is -2.25. The minimum atomic E-state index is 0.879. The average molecular weight is 247 g/mol.